The van der Waals surface area contributed by atoms with Crippen LogP contribution in [0.3, 0.4) is 0 Å². The Bertz CT molecular complexity index is 1100. The van der Waals surface area contributed by atoms with Crippen LogP contribution in [0.15, 0.2) is 66.9 Å². The van der Waals surface area contributed by atoms with Crippen LogP contribution in [0.5, 0.6) is 0 Å². The van der Waals surface area contributed by atoms with Gasteiger partial charge in [0, 0.05) is 13.0 Å². The van der Waals surface area contributed by atoms with E-state index in [2.05, 4.69) is 10.4 Å². The number of hydrogen-bond donors (Lipinski definition) is 1. The zero-order chi connectivity index (χ0) is 22.3. The predicted octanol–water partition coefficient (Wildman–Crippen LogP) is 5.52. The molecule has 1 fully saturated rings. The van der Waals surface area contributed by atoms with Crippen molar-refractivity contribution < 1.29 is 18.0 Å². The van der Waals surface area contributed by atoms with E-state index in [4.69, 9.17) is 0 Å². The van der Waals surface area contributed by atoms with Crippen LogP contribution in [-0.4, -0.2) is 33.3 Å². The fraction of sp³-hybridized carbons (Fsp3) is 0.333. The third-order valence-electron chi connectivity index (χ3n) is 6.37. The minimum absolute atomic E-state index is 0.0915. The largest absolute Gasteiger partial charge is 0.410 e. The van der Waals surface area contributed by atoms with Gasteiger partial charge in [-0.05, 0) is 24.0 Å². The van der Waals surface area contributed by atoms with Crippen molar-refractivity contribution in [1.82, 2.24) is 14.7 Å². The average molecular weight is 440 g/mol. The number of halogens is 3. The fourth-order valence-electron chi connectivity index (χ4n) is 4.81. The lowest BCUT2D eigenvalue weighted by Crippen LogP contribution is -2.37. The number of alkyl halides is 3. The first-order valence-electron chi connectivity index (χ1n) is 10.7. The lowest BCUT2D eigenvalue weighted by molar-refractivity contribution is -0.173. The number of carbonyl (C=O) groups excluding carboxylic acids is 1. The minimum Gasteiger partial charge on any atom is -0.363 e. The van der Waals surface area contributed by atoms with E-state index in [1.807, 2.05) is 36.4 Å². The first kappa shape index (κ1) is 20.6. The van der Waals surface area contributed by atoms with E-state index >= 15 is 0 Å². The molecule has 2 aliphatic rings. The summed E-state index contributed by atoms with van der Waals surface area (Å²) in [6, 6.07) is 16.3. The van der Waals surface area contributed by atoms with Gasteiger partial charge in [0.25, 0.3) is 5.91 Å². The number of carbonyl (C=O) groups is 1. The maximum Gasteiger partial charge on any atom is 0.410 e. The molecule has 1 saturated heterocycles. The maximum atomic E-state index is 13.9. The van der Waals surface area contributed by atoms with Gasteiger partial charge in [-0.15, -0.1) is 0 Å². The molecule has 1 unspecified atom stereocenters. The quantitative estimate of drug-likeness (QED) is 0.583. The lowest BCUT2D eigenvalue weighted by atomic mass is 9.96. The van der Waals surface area contributed by atoms with Crippen LogP contribution >= 0.6 is 0 Å². The molecule has 0 saturated carbocycles. The molecular formula is C24H23F3N4O. The molecule has 8 heteroatoms. The number of fused-ring (bicyclic) bond motifs is 1. The zero-order valence-corrected chi connectivity index (χ0v) is 17.3. The summed E-state index contributed by atoms with van der Waals surface area (Å²) in [5.41, 5.74) is 1.96. The van der Waals surface area contributed by atoms with Crippen molar-refractivity contribution in [3.05, 3.63) is 83.6 Å². The van der Waals surface area contributed by atoms with Gasteiger partial charge in [-0.3, -0.25) is 4.79 Å². The third kappa shape index (κ3) is 3.63. The van der Waals surface area contributed by atoms with Crippen molar-refractivity contribution in [3.63, 3.8) is 0 Å². The number of benzene rings is 2. The van der Waals surface area contributed by atoms with Crippen molar-refractivity contribution in [2.45, 2.75) is 43.6 Å². The Kier molecular flexibility index (Phi) is 5.15. The van der Waals surface area contributed by atoms with Crippen molar-refractivity contribution in [2.75, 3.05) is 11.9 Å². The minimum atomic E-state index is -4.48. The number of nitrogens with one attached hydrogen (secondary N) is 1. The van der Waals surface area contributed by atoms with Crippen LogP contribution < -0.4 is 5.32 Å². The van der Waals surface area contributed by atoms with E-state index in [0.717, 1.165) is 28.7 Å². The summed E-state index contributed by atoms with van der Waals surface area (Å²) in [7, 11) is 0. The smallest absolute Gasteiger partial charge is 0.363 e. The maximum absolute atomic E-state index is 13.9. The highest BCUT2D eigenvalue weighted by molar-refractivity contribution is 5.99. The lowest BCUT2D eigenvalue weighted by Gasteiger charge is -2.34. The Labute approximate surface area is 183 Å². The van der Waals surface area contributed by atoms with E-state index in [9.17, 15) is 18.0 Å². The summed E-state index contributed by atoms with van der Waals surface area (Å²) in [4.78, 5) is 15.3. The van der Waals surface area contributed by atoms with Gasteiger partial charge < -0.3 is 10.2 Å². The summed E-state index contributed by atoms with van der Waals surface area (Å²) in [5.74, 6) is -0.157. The predicted molar refractivity (Wildman–Crippen MR) is 114 cm³/mol. The van der Waals surface area contributed by atoms with Crippen molar-refractivity contribution >= 4 is 11.7 Å². The van der Waals surface area contributed by atoms with Gasteiger partial charge in [0.05, 0.1) is 18.3 Å². The number of hydrogen-bond acceptors (Lipinski definition) is 3. The van der Waals surface area contributed by atoms with E-state index in [-0.39, 0.29) is 29.8 Å². The summed E-state index contributed by atoms with van der Waals surface area (Å²) in [5, 5.41) is 7.19. The van der Waals surface area contributed by atoms with Crippen LogP contribution in [0.1, 0.15) is 58.9 Å². The Morgan fingerprint density at radius 2 is 1.66 bits per heavy atom. The first-order valence-corrected chi connectivity index (χ1v) is 10.7. The molecule has 5 nitrogen and oxygen atoms in total. The molecule has 0 bridgehead atoms. The van der Waals surface area contributed by atoms with E-state index < -0.39 is 18.3 Å². The number of aromatic nitrogens is 2. The van der Waals surface area contributed by atoms with Crippen LogP contribution in [0.2, 0.25) is 0 Å². The normalized spacial score (nSPS) is 23.0. The average Bonchev–Trinajstić information content (AvgIpc) is 3.46. The highest BCUT2D eigenvalue weighted by Crippen LogP contribution is 2.45. The van der Waals surface area contributed by atoms with Crippen LogP contribution in [0.4, 0.5) is 19.0 Å². The van der Waals surface area contributed by atoms with E-state index in [0.29, 0.717) is 6.54 Å². The molecule has 3 heterocycles. The summed E-state index contributed by atoms with van der Waals surface area (Å²) >= 11 is 0. The molecule has 1 aromatic heterocycles. The van der Waals surface area contributed by atoms with E-state index in [1.54, 1.807) is 29.2 Å². The van der Waals surface area contributed by atoms with Crippen molar-refractivity contribution in [2.24, 2.45) is 0 Å². The highest BCUT2D eigenvalue weighted by atomic mass is 19.4. The molecule has 2 aromatic carbocycles. The molecule has 0 aliphatic carbocycles. The number of amides is 1. The highest BCUT2D eigenvalue weighted by Gasteiger charge is 2.47. The van der Waals surface area contributed by atoms with Gasteiger partial charge in [0.2, 0.25) is 0 Å². The molecule has 5 rings (SSSR count). The van der Waals surface area contributed by atoms with Gasteiger partial charge in [-0.2, -0.15) is 18.3 Å². The van der Waals surface area contributed by atoms with Gasteiger partial charge in [0.15, 0.2) is 6.04 Å². The topological polar surface area (TPSA) is 50.2 Å². The molecule has 166 valence electrons. The molecule has 1 amide bonds. The number of likely N-dealkylation sites (tertiary alicyclic amines) is 1. The summed E-state index contributed by atoms with van der Waals surface area (Å²) in [6.07, 6.45) is -1.72. The number of rotatable bonds is 3. The van der Waals surface area contributed by atoms with E-state index in [1.165, 1.54) is 6.20 Å². The monoisotopic (exact) mass is 440 g/mol. The Morgan fingerprint density at radius 1 is 1.00 bits per heavy atom. The molecule has 3 aromatic rings. The second kappa shape index (κ2) is 8.00. The van der Waals surface area contributed by atoms with Crippen LogP contribution in [-0.2, 0) is 0 Å². The molecule has 0 radical (unpaired) electrons. The van der Waals surface area contributed by atoms with Gasteiger partial charge >= 0.3 is 6.18 Å². The molecular weight excluding hydrogens is 417 g/mol. The standard InChI is InChI=1S/C24H23F3N4O/c25-24(26,27)21-14-19(16-8-3-1-4-9-16)29-22-18(15-28-31(21)22)23(32)30-13-7-12-20(30)17-10-5-2-6-11-17/h1-6,8-11,15,19-21,29H,7,12-14H2/t19-,20?,21+/m1/s1. The summed E-state index contributed by atoms with van der Waals surface area (Å²) < 4.78 is 42.7. The fourth-order valence-corrected chi connectivity index (χ4v) is 4.81. The zero-order valence-electron chi connectivity index (χ0n) is 17.3. The van der Waals surface area contributed by atoms with Gasteiger partial charge in [-0.25, -0.2) is 4.68 Å². The summed E-state index contributed by atoms with van der Waals surface area (Å²) in [6.45, 7) is 0.563. The van der Waals surface area contributed by atoms with Gasteiger partial charge in [0.1, 0.15) is 11.4 Å². The van der Waals surface area contributed by atoms with Gasteiger partial charge in [-0.1, -0.05) is 60.7 Å². The molecule has 2 aliphatic heterocycles. The second-order valence-electron chi connectivity index (χ2n) is 8.32. The third-order valence-corrected chi connectivity index (χ3v) is 6.37. The van der Waals surface area contributed by atoms with Crippen molar-refractivity contribution in [3.8, 4) is 0 Å². The molecule has 32 heavy (non-hydrogen) atoms. The first-order chi connectivity index (χ1) is 15.4. The Morgan fingerprint density at radius 3 is 2.31 bits per heavy atom. The van der Waals surface area contributed by atoms with Crippen LogP contribution in [0.25, 0.3) is 0 Å². The molecule has 3 atom stereocenters. The SMILES string of the molecule is O=C(c1cnn2c1N[C@@H](c1ccccc1)C[C@H]2C(F)(F)F)N1CCCC1c1ccccc1. The Balaban J connectivity index is 1.51. The number of nitrogens with zero attached hydrogens (tertiary/aromatic N) is 3. The molecule has 0 spiro atoms. The molecule has 1 N–H and O–H groups in total. The second-order valence-corrected chi connectivity index (χ2v) is 8.32. The Hall–Kier alpha value is -3.29. The van der Waals surface area contributed by atoms with Crippen LogP contribution in [0, 0.1) is 0 Å². The van der Waals surface area contributed by atoms with Crippen molar-refractivity contribution in [1.29, 1.82) is 0 Å². The number of anilines is 1.